The van der Waals surface area contributed by atoms with E-state index in [1.807, 2.05) is 62.8 Å². The van der Waals surface area contributed by atoms with Gasteiger partial charge in [-0.3, -0.25) is 9.38 Å². The Kier molecular flexibility index (Phi) is 6.42. The maximum atomic E-state index is 12.4. The van der Waals surface area contributed by atoms with Crippen LogP contribution in [0.1, 0.15) is 52.1 Å². The summed E-state index contributed by atoms with van der Waals surface area (Å²) in [5.41, 5.74) is 3.31. The zero-order chi connectivity index (χ0) is 22.9. The van der Waals surface area contributed by atoms with E-state index in [0.717, 1.165) is 54.8 Å². The lowest BCUT2D eigenvalue weighted by atomic mass is 9.83. The van der Waals surface area contributed by atoms with Crippen molar-refractivity contribution in [3.63, 3.8) is 0 Å². The molecule has 7 heteroatoms. The highest BCUT2D eigenvalue weighted by Gasteiger charge is 2.29. The highest BCUT2D eigenvalue weighted by atomic mass is 35.5. The lowest BCUT2D eigenvalue weighted by molar-refractivity contribution is 0.0172. The number of halogens is 1. The van der Waals surface area contributed by atoms with Gasteiger partial charge in [0.05, 0.1) is 22.6 Å². The average molecular weight is 455 g/mol. The molecule has 0 aromatic carbocycles. The van der Waals surface area contributed by atoms with E-state index in [1.165, 1.54) is 0 Å². The van der Waals surface area contributed by atoms with Crippen LogP contribution in [-0.4, -0.2) is 44.1 Å². The second-order valence-electron chi connectivity index (χ2n) is 9.70. The minimum atomic E-state index is -0.467. The van der Waals surface area contributed by atoms with E-state index in [0.29, 0.717) is 10.9 Å². The van der Waals surface area contributed by atoms with Crippen molar-refractivity contribution >= 4 is 23.3 Å². The summed E-state index contributed by atoms with van der Waals surface area (Å²) in [4.78, 5) is 23.5. The molecule has 1 saturated carbocycles. The number of aromatic nitrogens is 3. The summed E-state index contributed by atoms with van der Waals surface area (Å²) in [5.74, 6) is 0.567. The predicted molar refractivity (Wildman–Crippen MR) is 127 cm³/mol. The molecule has 170 valence electrons. The quantitative estimate of drug-likeness (QED) is 0.483. The lowest BCUT2D eigenvalue weighted by Crippen LogP contribution is -2.42. The summed E-state index contributed by atoms with van der Waals surface area (Å²) in [5, 5.41) is 0.668. The van der Waals surface area contributed by atoms with Crippen LogP contribution >= 0.6 is 11.6 Å². The number of carbonyl (C=O) groups is 1. The molecule has 3 aromatic heterocycles. The smallest absolute Gasteiger partial charge is 0.410 e. The number of amides is 1. The van der Waals surface area contributed by atoms with E-state index in [9.17, 15) is 4.79 Å². The van der Waals surface area contributed by atoms with Gasteiger partial charge in [-0.15, -0.1) is 0 Å². The van der Waals surface area contributed by atoms with Crippen LogP contribution in [0.5, 0.6) is 0 Å². The van der Waals surface area contributed by atoms with Crippen LogP contribution < -0.4 is 0 Å². The maximum absolute atomic E-state index is 12.4. The first-order valence-electron chi connectivity index (χ1n) is 11.2. The van der Waals surface area contributed by atoms with Gasteiger partial charge in [0.25, 0.3) is 0 Å². The lowest BCUT2D eigenvalue weighted by Gasteiger charge is -2.35. The van der Waals surface area contributed by atoms with Crippen LogP contribution in [0.2, 0.25) is 5.02 Å². The van der Waals surface area contributed by atoms with E-state index in [4.69, 9.17) is 21.3 Å². The zero-order valence-corrected chi connectivity index (χ0v) is 20.0. The molecule has 0 aliphatic heterocycles. The molecule has 0 unspecified atom stereocenters. The minimum Gasteiger partial charge on any atom is -0.444 e. The molecule has 3 heterocycles. The zero-order valence-electron chi connectivity index (χ0n) is 19.2. The predicted octanol–water partition coefficient (Wildman–Crippen LogP) is 6.02. The standard InChI is InChI=1S/C25H31ClN4O2/c1-25(2,3)32-24(31)29(4)20-11-8-17(9-12-20)14-19-6-5-7-21(28-19)22-15-27-23-13-10-18(26)16-30(22)23/h5-7,10,13,15-17,20H,8-9,11-12,14H2,1-4H3. The first kappa shape index (κ1) is 22.6. The number of ether oxygens (including phenoxy) is 1. The van der Waals surface area contributed by atoms with Crippen molar-refractivity contribution in [3.8, 4) is 11.4 Å². The van der Waals surface area contributed by atoms with Gasteiger partial charge in [0.15, 0.2) is 0 Å². The number of hydrogen-bond donors (Lipinski definition) is 0. The summed E-state index contributed by atoms with van der Waals surface area (Å²) in [7, 11) is 1.85. The van der Waals surface area contributed by atoms with Crippen molar-refractivity contribution in [1.29, 1.82) is 0 Å². The molecule has 1 amide bonds. The van der Waals surface area contributed by atoms with Gasteiger partial charge < -0.3 is 9.64 Å². The Labute approximate surface area is 194 Å². The Balaban J connectivity index is 1.39. The molecule has 0 spiro atoms. The van der Waals surface area contributed by atoms with Gasteiger partial charge in [-0.1, -0.05) is 17.7 Å². The first-order valence-corrected chi connectivity index (χ1v) is 11.6. The number of pyridine rings is 2. The van der Waals surface area contributed by atoms with Crippen molar-refractivity contribution in [2.45, 2.75) is 64.5 Å². The van der Waals surface area contributed by atoms with Gasteiger partial charge in [0, 0.05) is 25.0 Å². The molecule has 4 rings (SSSR count). The van der Waals surface area contributed by atoms with E-state index in [-0.39, 0.29) is 12.1 Å². The summed E-state index contributed by atoms with van der Waals surface area (Å²) in [6.07, 6.45) is 8.56. The molecule has 0 atom stereocenters. The summed E-state index contributed by atoms with van der Waals surface area (Å²) >= 11 is 6.18. The van der Waals surface area contributed by atoms with Gasteiger partial charge in [-0.2, -0.15) is 0 Å². The van der Waals surface area contributed by atoms with Gasteiger partial charge in [-0.25, -0.2) is 9.78 Å². The van der Waals surface area contributed by atoms with Crippen molar-refractivity contribution in [3.05, 3.63) is 53.4 Å². The second kappa shape index (κ2) is 9.10. The average Bonchev–Trinajstić information content (AvgIpc) is 3.16. The number of fused-ring (bicyclic) bond motifs is 1. The molecule has 32 heavy (non-hydrogen) atoms. The molecule has 0 saturated heterocycles. The Morgan fingerprint density at radius 1 is 1.19 bits per heavy atom. The first-order chi connectivity index (χ1) is 15.2. The molecular weight excluding hydrogens is 424 g/mol. The van der Waals surface area contributed by atoms with Crippen molar-refractivity contribution in [1.82, 2.24) is 19.3 Å². The molecule has 0 bridgehead atoms. The molecule has 1 fully saturated rings. The van der Waals surface area contributed by atoms with E-state index in [1.54, 1.807) is 4.90 Å². The van der Waals surface area contributed by atoms with Crippen LogP contribution in [0.4, 0.5) is 4.79 Å². The normalized spacial score (nSPS) is 19.2. The summed E-state index contributed by atoms with van der Waals surface area (Å²) in [6.45, 7) is 5.70. The molecule has 1 aliphatic rings. The van der Waals surface area contributed by atoms with Crippen molar-refractivity contribution < 1.29 is 9.53 Å². The molecule has 6 nitrogen and oxygen atoms in total. The highest BCUT2D eigenvalue weighted by molar-refractivity contribution is 6.30. The third-order valence-corrected chi connectivity index (χ3v) is 6.31. The summed E-state index contributed by atoms with van der Waals surface area (Å²) in [6, 6.07) is 10.2. The fourth-order valence-corrected chi connectivity index (χ4v) is 4.56. The van der Waals surface area contributed by atoms with Gasteiger partial charge in [0.2, 0.25) is 0 Å². The third kappa shape index (κ3) is 5.23. The number of rotatable bonds is 4. The van der Waals surface area contributed by atoms with E-state index < -0.39 is 5.60 Å². The SMILES string of the molecule is CN(C(=O)OC(C)(C)C)C1CCC(Cc2cccc(-c3cnc4ccc(Cl)cn34)n2)CC1. The molecule has 3 aromatic rings. The Morgan fingerprint density at radius 2 is 1.94 bits per heavy atom. The maximum Gasteiger partial charge on any atom is 0.410 e. The fraction of sp³-hybridized carbons (Fsp3) is 0.480. The van der Waals surface area contributed by atoms with Crippen LogP contribution in [0.3, 0.4) is 0 Å². The van der Waals surface area contributed by atoms with Crippen molar-refractivity contribution in [2.24, 2.45) is 5.92 Å². The monoisotopic (exact) mass is 454 g/mol. The Hall–Kier alpha value is -2.60. The molecule has 0 radical (unpaired) electrons. The van der Waals surface area contributed by atoms with E-state index in [2.05, 4.69) is 17.1 Å². The Morgan fingerprint density at radius 3 is 2.66 bits per heavy atom. The topological polar surface area (TPSA) is 59.7 Å². The van der Waals surface area contributed by atoms with Crippen molar-refractivity contribution in [2.75, 3.05) is 7.05 Å². The van der Waals surface area contributed by atoms with E-state index >= 15 is 0 Å². The number of imidazole rings is 1. The minimum absolute atomic E-state index is 0.233. The second-order valence-corrected chi connectivity index (χ2v) is 10.1. The molecule has 1 aliphatic carbocycles. The summed E-state index contributed by atoms with van der Waals surface area (Å²) < 4.78 is 7.50. The largest absolute Gasteiger partial charge is 0.444 e. The van der Waals surface area contributed by atoms with Gasteiger partial charge >= 0.3 is 6.09 Å². The van der Waals surface area contributed by atoms with Crippen LogP contribution in [-0.2, 0) is 11.2 Å². The fourth-order valence-electron chi connectivity index (χ4n) is 4.40. The highest BCUT2D eigenvalue weighted by Crippen LogP contribution is 2.30. The number of hydrogen-bond acceptors (Lipinski definition) is 4. The number of nitrogens with zero attached hydrogens (tertiary/aromatic N) is 4. The van der Waals surface area contributed by atoms with Gasteiger partial charge in [-0.05, 0) is 83.1 Å². The number of carbonyl (C=O) groups excluding carboxylic acids is 1. The molecule has 0 N–H and O–H groups in total. The molecular formula is C25H31ClN4O2. The van der Waals surface area contributed by atoms with Crippen LogP contribution in [0.25, 0.3) is 17.0 Å². The third-order valence-electron chi connectivity index (χ3n) is 6.08. The van der Waals surface area contributed by atoms with Crippen LogP contribution in [0, 0.1) is 5.92 Å². The Bertz CT molecular complexity index is 1100. The van der Waals surface area contributed by atoms with Crippen LogP contribution in [0.15, 0.2) is 42.7 Å². The van der Waals surface area contributed by atoms with Gasteiger partial charge in [0.1, 0.15) is 11.2 Å².